The Morgan fingerprint density at radius 3 is 1.86 bits per heavy atom. The first-order valence-electron chi connectivity index (χ1n) is 7.12. The first kappa shape index (κ1) is 20.4. The van der Waals surface area contributed by atoms with Crippen LogP contribution in [0.3, 0.4) is 0 Å². The minimum Gasteiger partial charge on any atom is -0.396 e. The molecule has 0 fully saturated rings. The summed E-state index contributed by atoms with van der Waals surface area (Å²) in [7, 11) is -4.02. The molecule has 0 aliphatic heterocycles. The number of halogens is 1. The largest absolute Gasteiger partial charge is 0.396 e. The monoisotopic (exact) mass is 336 g/mol. The zero-order valence-electron chi connectivity index (χ0n) is 12.5. The lowest BCUT2D eigenvalue weighted by Gasteiger charge is -1.97. The summed E-state index contributed by atoms with van der Waals surface area (Å²) in [6, 6.07) is 5.99. The molecule has 4 nitrogen and oxygen atoms in total. The molecule has 0 aliphatic rings. The molecule has 0 bridgehead atoms. The third kappa shape index (κ3) is 11.7. The summed E-state index contributed by atoms with van der Waals surface area (Å²) in [5.41, 5.74) is 0.956. The molecule has 0 radical (unpaired) electrons. The molecule has 122 valence electrons. The molecule has 21 heavy (non-hydrogen) atoms. The van der Waals surface area contributed by atoms with E-state index in [0.29, 0.717) is 6.61 Å². The third-order valence-electron chi connectivity index (χ3n) is 2.86. The van der Waals surface area contributed by atoms with Crippen LogP contribution >= 0.6 is 11.6 Å². The van der Waals surface area contributed by atoms with Gasteiger partial charge in [-0.3, -0.25) is 4.55 Å². The van der Waals surface area contributed by atoms with E-state index in [-0.39, 0.29) is 4.90 Å². The van der Waals surface area contributed by atoms with E-state index < -0.39 is 10.1 Å². The molecule has 0 atom stereocenters. The van der Waals surface area contributed by atoms with Crippen LogP contribution in [0.4, 0.5) is 0 Å². The van der Waals surface area contributed by atoms with Gasteiger partial charge in [0.2, 0.25) is 0 Å². The van der Waals surface area contributed by atoms with Crippen molar-refractivity contribution in [2.75, 3.05) is 12.5 Å². The van der Waals surface area contributed by atoms with Gasteiger partial charge in [0.25, 0.3) is 10.1 Å². The van der Waals surface area contributed by atoms with E-state index in [1.807, 2.05) is 6.92 Å². The molecule has 0 amide bonds. The first-order chi connectivity index (χ1) is 9.91. The summed E-state index contributed by atoms with van der Waals surface area (Å²) in [4.78, 5) is -0.0666. The molecule has 0 heterocycles. The van der Waals surface area contributed by atoms with Crippen molar-refractivity contribution in [3.05, 3.63) is 29.8 Å². The van der Waals surface area contributed by atoms with Crippen molar-refractivity contribution >= 4 is 21.7 Å². The number of hydrogen-bond donors (Lipinski definition) is 2. The molecule has 1 aromatic rings. The van der Waals surface area contributed by atoms with E-state index in [9.17, 15) is 8.42 Å². The summed E-state index contributed by atoms with van der Waals surface area (Å²) in [5.74, 6) is 0.792. The topological polar surface area (TPSA) is 74.6 Å². The van der Waals surface area contributed by atoms with Crippen molar-refractivity contribution in [1.82, 2.24) is 0 Å². The van der Waals surface area contributed by atoms with Crippen LogP contribution < -0.4 is 0 Å². The van der Waals surface area contributed by atoms with Crippen molar-refractivity contribution < 1.29 is 18.1 Å². The van der Waals surface area contributed by atoms with E-state index in [2.05, 4.69) is 0 Å². The lowest BCUT2D eigenvalue weighted by Crippen LogP contribution is -1.96. The first-order valence-corrected chi connectivity index (χ1v) is 9.10. The summed E-state index contributed by atoms with van der Waals surface area (Å²) >= 11 is 5.50. The van der Waals surface area contributed by atoms with Crippen molar-refractivity contribution in [2.45, 2.75) is 50.3 Å². The average Bonchev–Trinajstić information content (AvgIpc) is 2.43. The Hall–Kier alpha value is -0.620. The van der Waals surface area contributed by atoms with Gasteiger partial charge in [-0.1, -0.05) is 43.4 Å². The number of unbranched alkanes of at least 4 members (excludes halogenated alkanes) is 5. The minimum absolute atomic E-state index is 0.0666. The zero-order chi connectivity index (χ0) is 16.1. The average molecular weight is 337 g/mol. The lowest BCUT2D eigenvalue weighted by molar-refractivity contribution is 0.282. The van der Waals surface area contributed by atoms with Gasteiger partial charge in [0, 0.05) is 12.5 Å². The molecule has 0 unspecified atom stereocenters. The van der Waals surface area contributed by atoms with Crippen molar-refractivity contribution in [3.63, 3.8) is 0 Å². The SMILES string of the molecule is Cc1ccc(S(=O)(=O)O)cc1.OCCCCCCCCCl. The Morgan fingerprint density at radius 1 is 0.952 bits per heavy atom. The molecule has 0 saturated heterocycles. The van der Waals surface area contributed by atoms with Crippen LogP contribution in [0, 0.1) is 6.92 Å². The fourth-order valence-corrected chi connectivity index (χ4v) is 2.29. The third-order valence-corrected chi connectivity index (χ3v) is 4.00. The van der Waals surface area contributed by atoms with E-state index >= 15 is 0 Å². The van der Waals surface area contributed by atoms with Crippen LogP contribution in [0.1, 0.15) is 44.1 Å². The Labute approximate surface area is 132 Å². The molecular formula is C15H25ClO4S. The number of aliphatic hydroxyl groups is 1. The summed E-state index contributed by atoms with van der Waals surface area (Å²) in [6.45, 7) is 2.18. The van der Waals surface area contributed by atoms with Gasteiger partial charge in [-0.2, -0.15) is 8.42 Å². The van der Waals surface area contributed by atoms with E-state index in [0.717, 1.165) is 24.3 Å². The van der Waals surface area contributed by atoms with Gasteiger partial charge in [0.05, 0.1) is 4.90 Å². The van der Waals surface area contributed by atoms with Crippen LogP contribution in [0.2, 0.25) is 0 Å². The van der Waals surface area contributed by atoms with Crippen LogP contribution in [0.25, 0.3) is 0 Å². The molecule has 0 aromatic heterocycles. The number of rotatable bonds is 8. The second-order valence-electron chi connectivity index (χ2n) is 4.82. The molecule has 0 saturated carbocycles. The quantitative estimate of drug-likeness (QED) is 0.430. The van der Waals surface area contributed by atoms with Crippen LogP contribution in [-0.2, 0) is 10.1 Å². The van der Waals surface area contributed by atoms with Gasteiger partial charge < -0.3 is 5.11 Å². The number of benzene rings is 1. The number of aryl methyl sites for hydroxylation is 1. The van der Waals surface area contributed by atoms with Gasteiger partial charge in [0.1, 0.15) is 0 Å². The summed E-state index contributed by atoms with van der Waals surface area (Å²) in [5, 5.41) is 8.45. The zero-order valence-corrected chi connectivity index (χ0v) is 14.0. The minimum atomic E-state index is -4.02. The van der Waals surface area contributed by atoms with E-state index in [4.69, 9.17) is 21.3 Å². The van der Waals surface area contributed by atoms with Gasteiger partial charge in [-0.15, -0.1) is 11.6 Å². The lowest BCUT2D eigenvalue weighted by atomic mass is 10.1. The van der Waals surface area contributed by atoms with Gasteiger partial charge in [-0.25, -0.2) is 0 Å². The number of alkyl halides is 1. The summed E-state index contributed by atoms with van der Waals surface area (Å²) < 4.78 is 29.6. The van der Waals surface area contributed by atoms with Gasteiger partial charge in [-0.05, 0) is 31.9 Å². The van der Waals surface area contributed by atoms with Crippen molar-refractivity contribution in [1.29, 1.82) is 0 Å². The molecule has 0 aliphatic carbocycles. The highest BCUT2D eigenvalue weighted by Gasteiger charge is 2.06. The Balaban J connectivity index is 0.000000384. The molecule has 1 aromatic carbocycles. The van der Waals surface area contributed by atoms with Crippen LogP contribution in [-0.4, -0.2) is 30.6 Å². The Morgan fingerprint density at radius 2 is 1.43 bits per heavy atom. The maximum absolute atomic E-state index is 10.5. The predicted molar refractivity (Wildman–Crippen MR) is 86.5 cm³/mol. The molecule has 2 N–H and O–H groups in total. The van der Waals surface area contributed by atoms with Crippen LogP contribution in [0.5, 0.6) is 0 Å². The highest BCUT2D eigenvalue weighted by Crippen LogP contribution is 2.08. The van der Waals surface area contributed by atoms with Crippen molar-refractivity contribution in [2.24, 2.45) is 0 Å². The van der Waals surface area contributed by atoms with E-state index in [1.165, 1.54) is 37.8 Å². The second kappa shape index (κ2) is 12.0. The van der Waals surface area contributed by atoms with Crippen molar-refractivity contribution in [3.8, 4) is 0 Å². The predicted octanol–water partition coefficient (Wildman–Crippen LogP) is 3.80. The van der Waals surface area contributed by atoms with Gasteiger partial charge in [0.15, 0.2) is 0 Å². The maximum Gasteiger partial charge on any atom is 0.294 e. The Kier molecular flexibility index (Phi) is 11.6. The maximum atomic E-state index is 10.5. The summed E-state index contributed by atoms with van der Waals surface area (Å²) in [6.07, 6.45) is 7.03. The molecule has 6 heteroatoms. The highest BCUT2D eigenvalue weighted by molar-refractivity contribution is 7.85. The smallest absolute Gasteiger partial charge is 0.294 e. The molecular weight excluding hydrogens is 312 g/mol. The molecule has 1 rings (SSSR count). The fourth-order valence-electron chi connectivity index (χ4n) is 1.62. The molecule has 0 spiro atoms. The second-order valence-corrected chi connectivity index (χ2v) is 6.62. The highest BCUT2D eigenvalue weighted by atomic mass is 35.5. The van der Waals surface area contributed by atoms with E-state index in [1.54, 1.807) is 12.1 Å². The van der Waals surface area contributed by atoms with Gasteiger partial charge >= 0.3 is 0 Å². The number of aliphatic hydroxyl groups excluding tert-OH is 1. The standard InChI is InChI=1S/C8H17ClO.C7H8O3S/c9-7-5-3-1-2-4-6-8-10;1-6-2-4-7(5-3-6)11(8,9)10/h10H,1-8H2;2-5H,1H3,(H,8,9,10). The van der Waals surface area contributed by atoms with Crippen LogP contribution in [0.15, 0.2) is 29.2 Å². The fraction of sp³-hybridized carbons (Fsp3) is 0.600. The Bertz CT molecular complexity index is 449. The number of hydrogen-bond acceptors (Lipinski definition) is 3. The normalized spacial score (nSPS) is 10.9.